The average molecular weight is 256 g/mol. The molecule has 3 N–H and O–H groups in total. The van der Waals surface area contributed by atoms with Gasteiger partial charge in [-0.25, -0.2) is 0 Å². The molecule has 0 saturated carbocycles. The van der Waals surface area contributed by atoms with E-state index >= 15 is 0 Å². The Hall–Kier alpha value is -1.40. The van der Waals surface area contributed by atoms with Crippen LogP contribution in [0, 0.1) is 0 Å². The van der Waals surface area contributed by atoms with E-state index in [4.69, 9.17) is 16.7 Å². The molecule has 0 unspecified atom stereocenters. The lowest BCUT2D eigenvalue weighted by Crippen LogP contribution is -2.04. The number of aliphatic hydroxyl groups excluding tert-OH is 1. The molecular formula is C10H14ClN5O. The number of nitrogens with zero attached hydrogens (tertiary/aromatic N) is 3. The number of hydrogen-bond acceptors (Lipinski definition) is 5. The molecule has 6 nitrogen and oxygen atoms in total. The quantitative estimate of drug-likeness (QED) is 0.539. The molecule has 2 aromatic heterocycles. The normalized spacial score (nSPS) is 10.9. The van der Waals surface area contributed by atoms with Crippen LogP contribution >= 0.6 is 11.6 Å². The highest BCUT2D eigenvalue weighted by molar-refractivity contribution is 6.28. The van der Waals surface area contributed by atoms with Crippen LogP contribution in [0.25, 0.3) is 11.0 Å². The molecule has 0 aliphatic carbocycles. The number of hydrogen-bond donors (Lipinski definition) is 3. The number of rotatable bonds is 6. The monoisotopic (exact) mass is 255 g/mol. The molecule has 2 aromatic rings. The molecule has 0 bridgehead atoms. The molecule has 0 aliphatic rings. The third-order valence-electron chi connectivity index (χ3n) is 2.41. The lowest BCUT2D eigenvalue weighted by atomic mass is 10.2. The van der Waals surface area contributed by atoms with Gasteiger partial charge in [-0.05, 0) is 30.9 Å². The largest absolute Gasteiger partial charge is 0.396 e. The Balaban J connectivity index is 2.00. The molecule has 0 spiro atoms. The number of fused-ring (bicyclic) bond motifs is 1. The summed E-state index contributed by atoms with van der Waals surface area (Å²) in [6.07, 6.45) is 4.45. The third kappa shape index (κ3) is 3.04. The van der Waals surface area contributed by atoms with Gasteiger partial charge >= 0.3 is 0 Å². The van der Waals surface area contributed by atoms with Gasteiger partial charge in [0.05, 0.1) is 11.6 Å². The Labute approximate surface area is 103 Å². The molecule has 0 aromatic carbocycles. The van der Waals surface area contributed by atoms with Gasteiger partial charge in [-0.2, -0.15) is 15.1 Å². The van der Waals surface area contributed by atoms with Crippen molar-refractivity contribution in [2.75, 3.05) is 18.5 Å². The standard InChI is InChI=1S/C10H14ClN5O/c11-10-14-8(12-4-2-1-3-5-17)7-6-13-16-9(7)15-10/h6,17H,1-5H2,(H2,12,13,14,15,16). The van der Waals surface area contributed by atoms with Gasteiger partial charge < -0.3 is 10.4 Å². The molecule has 7 heteroatoms. The van der Waals surface area contributed by atoms with Gasteiger partial charge in [0.25, 0.3) is 0 Å². The molecule has 92 valence electrons. The smallest absolute Gasteiger partial charge is 0.226 e. The summed E-state index contributed by atoms with van der Waals surface area (Å²) in [4.78, 5) is 8.14. The van der Waals surface area contributed by atoms with E-state index < -0.39 is 0 Å². The van der Waals surface area contributed by atoms with Crippen LogP contribution in [0.3, 0.4) is 0 Å². The Bertz CT molecular complexity index is 487. The first kappa shape index (κ1) is 12.1. The molecule has 0 radical (unpaired) electrons. The zero-order valence-electron chi connectivity index (χ0n) is 9.28. The Kier molecular flexibility index (Phi) is 4.11. The van der Waals surface area contributed by atoms with Gasteiger partial charge in [0.2, 0.25) is 5.28 Å². The summed E-state index contributed by atoms with van der Waals surface area (Å²) in [6, 6.07) is 0. The first-order valence-electron chi connectivity index (χ1n) is 5.52. The van der Waals surface area contributed by atoms with Crippen molar-refractivity contribution in [3.63, 3.8) is 0 Å². The first-order chi connectivity index (χ1) is 8.31. The second kappa shape index (κ2) is 5.79. The summed E-state index contributed by atoms with van der Waals surface area (Å²) < 4.78 is 0. The lowest BCUT2D eigenvalue weighted by molar-refractivity contribution is 0.283. The predicted molar refractivity (Wildman–Crippen MR) is 66.1 cm³/mol. The summed E-state index contributed by atoms with van der Waals surface area (Å²) in [5, 5.41) is 19.5. The second-order valence-electron chi connectivity index (χ2n) is 3.68. The van der Waals surface area contributed by atoms with Gasteiger partial charge in [0.15, 0.2) is 5.65 Å². The van der Waals surface area contributed by atoms with Crippen molar-refractivity contribution in [1.29, 1.82) is 0 Å². The van der Waals surface area contributed by atoms with E-state index in [0.717, 1.165) is 31.2 Å². The van der Waals surface area contributed by atoms with Crippen LogP contribution in [-0.2, 0) is 0 Å². The molecule has 0 fully saturated rings. The highest BCUT2D eigenvalue weighted by Crippen LogP contribution is 2.19. The van der Waals surface area contributed by atoms with Crippen LogP contribution < -0.4 is 5.32 Å². The van der Waals surface area contributed by atoms with Crippen LogP contribution in [0.5, 0.6) is 0 Å². The van der Waals surface area contributed by atoms with E-state index in [1.807, 2.05) is 0 Å². The van der Waals surface area contributed by atoms with Crippen molar-refractivity contribution in [1.82, 2.24) is 20.2 Å². The molecule has 0 saturated heterocycles. The number of anilines is 1. The zero-order chi connectivity index (χ0) is 12.1. The van der Waals surface area contributed by atoms with Crippen LogP contribution in [-0.4, -0.2) is 38.4 Å². The van der Waals surface area contributed by atoms with E-state index in [-0.39, 0.29) is 11.9 Å². The number of H-pyrrole nitrogens is 1. The molecule has 0 amide bonds. The fraction of sp³-hybridized carbons (Fsp3) is 0.500. The molecule has 17 heavy (non-hydrogen) atoms. The lowest BCUT2D eigenvalue weighted by Gasteiger charge is -2.06. The summed E-state index contributed by atoms with van der Waals surface area (Å²) in [7, 11) is 0. The minimum Gasteiger partial charge on any atom is -0.396 e. The van der Waals surface area contributed by atoms with Crippen molar-refractivity contribution < 1.29 is 5.11 Å². The number of aliphatic hydroxyl groups is 1. The molecule has 0 aliphatic heterocycles. The molecule has 2 heterocycles. The van der Waals surface area contributed by atoms with Crippen LogP contribution in [0.2, 0.25) is 5.28 Å². The third-order valence-corrected chi connectivity index (χ3v) is 2.58. The Morgan fingerprint density at radius 1 is 1.29 bits per heavy atom. The zero-order valence-corrected chi connectivity index (χ0v) is 10.0. The maximum Gasteiger partial charge on any atom is 0.226 e. The van der Waals surface area contributed by atoms with E-state index in [9.17, 15) is 0 Å². The molecular weight excluding hydrogens is 242 g/mol. The van der Waals surface area contributed by atoms with E-state index in [1.54, 1.807) is 6.20 Å². The minimum absolute atomic E-state index is 0.194. The first-order valence-corrected chi connectivity index (χ1v) is 5.90. The van der Waals surface area contributed by atoms with Crippen molar-refractivity contribution in [2.24, 2.45) is 0 Å². The molecule has 0 atom stereocenters. The van der Waals surface area contributed by atoms with Crippen LogP contribution in [0.15, 0.2) is 6.20 Å². The highest BCUT2D eigenvalue weighted by atomic mass is 35.5. The Morgan fingerprint density at radius 3 is 3.00 bits per heavy atom. The van der Waals surface area contributed by atoms with Crippen LogP contribution in [0.1, 0.15) is 19.3 Å². The highest BCUT2D eigenvalue weighted by Gasteiger charge is 2.07. The summed E-state index contributed by atoms with van der Waals surface area (Å²) in [6.45, 7) is 1.03. The maximum absolute atomic E-state index is 8.66. The van der Waals surface area contributed by atoms with Gasteiger partial charge in [0.1, 0.15) is 5.82 Å². The van der Waals surface area contributed by atoms with Crippen molar-refractivity contribution >= 4 is 28.5 Å². The van der Waals surface area contributed by atoms with E-state index in [2.05, 4.69) is 25.5 Å². The van der Waals surface area contributed by atoms with Gasteiger partial charge in [0, 0.05) is 13.2 Å². The van der Waals surface area contributed by atoms with E-state index in [0.29, 0.717) is 11.5 Å². The second-order valence-corrected chi connectivity index (χ2v) is 4.02. The number of nitrogens with one attached hydrogen (secondary N) is 2. The molecule has 2 rings (SSSR count). The summed E-state index contributed by atoms with van der Waals surface area (Å²) in [5.41, 5.74) is 0.628. The van der Waals surface area contributed by atoms with Crippen molar-refractivity contribution in [3.8, 4) is 0 Å². The van der Waals surface area contributed by atoms with Crippen molar-refractivity contribution in [2.45, 2.75) is 19.3 Å². The number of halogens is 1. The average Bonchev–Trinajstić information content (AvgIpc) is 2.76. The topological polar surface area (TPSA) is 86.7 Å². The fourth-order valence-electron chi connectivity index (χ4n) is 1.56. The number of unbranched alkanes of at least 4 members (excludes halogenated alkanes) is 2. The fourth-order valence-corrected chi connectivity index (χ4v) is 1.73. The summed E-state index contributed by atoms with van der Waals surface area (Å²) >= 11 is 5.80. The van der Waals surface area contributed by atoms with Crippen molar-refractivity contribution in [3.05, 3.63) is 11.5 Å². The van der Waals surface area contributed by atoms with Gasteiger partial charge in [-0.1, -0.05) is 0 Å². The van der Waals surface area contributed by atoms with Gasteiger partial charge in [-0.3, -0.25) is 5.10 Å². The Morgan fingerprint density at radius 2 is 2.18 bits per heavy atom. The number of aromatic amines is 1. The van der Waals surface area contributed by atoms with Crippen LogP contribution in [0.4, 0.5) is 5.82 Å². The predicted octanol–water partition coefficient (Wildman–Crippen LogP) is 1.58. The minimum atomic E-state index is 0.194. The maximum atomic E-state index is 8.66. The summed E-state index contributed by atoms with van der Waals surface area (Å²) in [5.74, 6) is 0.692. The number of aromatic nitrogens is 4. The van der Waals surface area contributed by atoms with E-state index in [1.165, 1.54) is 0 Å². The van der Waals surface area contributed by atoms with Gasteiger partial charge in [-0.15, -0.1) is 0 Å². The SMILES string of the molecule is OCCCCCNc1nc(Cl)nc2[nH]ncc12.